The maximum Gasteiger partial charge on any atom is 0.311 e. The first-order chi connectivity index (χ1) is 13.0. The summed E-state index contributed by atoms with van der Waals surface area (Å²) >= 11 is 0. The summed E-state index contributed by atoms with van der Waals surface area (Å²) in [6.45, 7) is 4.59. The van der Waals surface area contributed by atoms with Crippen molar-refractivity contribution in [2.24, 2.45) is 5.92 Å². The summed E-state index contributed by atoms with van der Waals surface area (Å²) < 4.78 is 5.69. The number of ether oxygens (including phenoxy) is 1. The minimum atomic E-state index is -0.419. The van der Waals surface area contributed by atoms with E-state index in [0.29, 0.717) is 31.7 Å². The van der Waals surface area contributed by atoms with Gasteiger partial charge in [-0.2, -0.15) is 5.26 Å². The van der Waals surface area contributed by atoms with Crippen LogP contribution in [-0.2, 0) is 11.2 Å². The highest BCUT2D eigenvalue weighted by Gasteiger charge is 2.44. The molecule has 7 nitrogen and oxygen atoms in total. The molecule has 2 rings (SSSR count). The molecule has 0 heterocycles. The van der Waals surface area contributed by atoms with Crippen LogP contribution < -0.4 is 10.1 Å². The Kier molecular flexibility index (Phi) is 7.35. The highest BCUT2D eigenvalue weighted by Crippen LogP contribution is 2.50. The molecule has 27 heavy (non-hydrogen) atoms. The van der Waals surface area contributed by atoms with Crippen molar-refractivity contribution in [3.63, 3.8) is 0 Å². The molecular weight excluding hydrogens is 346 g/mol. The van der Waals surface area contributed by atoms with Gasteiger partial charge >= 0.3 is 5.69 Å². The van der Waals surface area contributed by atoms with Gasteiger partial charge < -0.3 is 10.1 Å². The van der Waals surface area contributed by atoms with E-state index in [1.54, 1.807) is 0 Å². The van der Waals surface area contributed by atoms with E-state index in [1.807, 2.05) is 38.1 Å². The Morgan fingerprint density at radius 3 is 2.93 bits per heavy atom. The van der Waals surface area contributed by atoms with Crippen LogP contribution in [0.4, 0.5) is 5.69 Å². The van der Waals surface area contributed by atoms with Gasteiger partial charge in [-0.15, -0.1) is 0 Å². The molecule has 1 N–H and O–H groups in total. The average Bonchev–Trinajstić information content (AvgIpc) is 3.45. The van der Waals surface area contributed by atoms with E-state index < -0.39 is 4.92 Å². The van der Waals surface area contributed by atoms with Gasteiger partial charge in [0, 0.05) is 24.1 Å². The van der Waals surface area contributed by atoms with E-state index in [2.05, 4.69) is 5.32 Å². The molecule has 2 atom stereocenters. The molecule has 7 heteroatoms. The Labute approximate surface area is 159 Å². The fourth-order valence-electron chi connectivity index (χ4n) is 3.04. The summed E-state index contributed by atoms with van der Waals surface area (Å²) in [5, 5.41) is 22.9. The summed E-state index contributed by atoms with van der Waals surface area (Å²) in [6.07, 6.45) is 6.05. The number of allylic oxidation sites excluding steroid dienone is 2. The second kappa shape index (κ2) is 9.72. The van der Waals surface area contributed by atoms with Crippen molar-refractivity contribution < 1.29 is 14.5 Å². The van der Waals surface area contributed by atoms with E-state index >= 15 is 0 Å². The smallest absolute Gasteiger partial charge is 0.311 e. The number of hydrogen-bond acceptors (Lipinski definition) is 5. The molecule has 0 aromatic heterocycles. The number of nitro benzene ring substituents is 1. The first-order valence-corrected chi connectivity index (χ1v) is 9.23. The van der Waals surface area contributed by atoms with E-state index in [-0.39, 0.29) is 29.9 Å². The lowest BCUT2D eigenvalue weighted by molar-refractivity contribution is -0.386. The van der Waals surface area contributed by atoms with Gasteiger partial charge in [0.1, 0.15) is 0 Å². The second-order valence-electron chi connectivity index (χ2n) is 6.55. The molecule has 144 valence electrons. The van der Waals surface area contributed by atoms with Gasteiger partial charge in [0.05, 0.1) is 24.0 Å². The second-order valence-corrected chi connectivity index (χ2v) is 6.55. The van der Waals surface area contributed by atoms with Crippen molar-refractivity contribution in [3.05, 3.63) is 45.5 Å². The molecule has 1 aromatic rings. The largest absolute Gasteiger partial charge is 0.487 e. The van der Waals surface area contributed by atoms with Crippen LogP contribution in [0.5, 0.6) is 5.75 Å². The maximum absolute atomic E-state index is 12.2. The third-order valence-electron chi connectivity index (χ3n) is 4.48. The molecule has 0 spiro atoms. The third kappa shape index (κ3) is 5.30. The average molecular weight is 371 g/mol. The number of nitrogens with one attached hydrogen (secondary N) is 1. The standard InChI is InChI=1S/C20H25N3O4/c1-3-5-7-14-11-15(12-18(23(25)26)19(14)27-10-4-2)16-13-17(16)20(24)22-9-6-8-21/h3,5,11-12,16-17H,4,6-7,9-10,13H2,1-2H3,(H,22,24)/b5-3+/t16-,17-/m0/s1. The molecule has 1 aliphatic carbocycles. The zero-order chi connectivity index (χ0) is 19.8. The molecule has 0 saturated heterocycles. The van der Waals surface area contributed by atoms with Crippen LogP contribution in [0.1, 0.15) is 50.2 Å². The van der Waals surface area contributed by atoms with E-state index in [0.717, 1.165) is 17.5 Å². The molecule has 0 bridgehead atoms. The molecule has 1 amide bonds. The zero-order valence-electron chi connectivity index (χ0n) is 15.7. The van der Waals surface area contributed by atoms with Crippen molar-refractivity contribution in [3.8, 4) is 11.8 Å². The lowest BCUT2D eigenvalue weighted by Gasteiger charge is -2.13. The van der Waals surface area contributed by atoms with E-state index in [9.17, 15) is 14.9 Å². The van der Waals surface area contributed by atoms with Crippen molar-refractivity contribution in [1.29, 1.82) is 5.26 Å². The van der Waals surface area contributed by atoms with Crippen molar-refractivity contribution in [1.82, 2.24) is 5.32 Å². The predicted molar refractivity (Wildman–Crippen MR) is 101 cm³/mol. The molecule has 0 aliphatic heterocycles. The van der Waals surface area contributed by atoms with Crippen molar-refractivity contribution >= 4 is 11.6 Å². The number of carbonyl (C=O) groups excluding carboxylic acids is 1. The predicted octanol–water partition coefficient (Wildman–Crippen LogP) is 3.64. The molecule has 1 saturated carbocycles. The Morgan fingerprint density at radius 1 is 1.52 bits per heavy atom. The van der Waals surface area contributed by atoms with Gasteiger partial charge in [-0.05, 0) is 37.7 Å². The molecule has 1 fully saturated rings. The first kappa shape index (κ1) is 20.4. The minimum absolute atomic E-state index is 0.0321. The van der Waals surface area contributed by atoms with Gasteiger partial charge in [-0.25, -0.2) is 0 Å². The normalized spacial score (nSPS) is 18.1. The number of nitrogens with zero attached hydrogens (tertiary/aromatic N) is 2. The Morgan fingerprint density at radius 2 is 2.30 bits per heavy atom. The lowest BCUT2D eigenvalue weighted by atomic mass is 10.0. The lowest BCUT2D eigenvalue weighted by Crippen LogP contribution is -2.26. The molecule has 0 radical (unpaired) electrons. The molecule has 1 aliphatic rings. The number of benzene rings is 1. The minimum Gasteiger partial charge on any atom is -0.487 e. The number of rotatable bonds is 10. The monoisotopic (exact) mass is 371 g/mol. The van der Waals surface area contributed by atoms with Crippen LogP contribution in [0.15, 0.2) is 24.3 Å². The summed E-state index contributed by atoms with van der Waals surface area (Å²) in [6, 6.07) is 5.45. The third-order valence-corrected chi connectivity index (χ3v) is 4.48. The summed E-state index contributed by atoms with van der Waals surface area (Å²) in [4.78, 5) is 23.3. The highest BCUT2D eigenvalue weighted by molar-refractivity contribution is 5.83. The number of amides is 1. The zero-order valence-corrected chi connectivity index (χ0v) is 15.7. The van der Waals surface area contributed by atoms with Crippen LogP contribution in [0.2, 0.25) is 0 Å². The maximum atomic E-state index is 12.2. The Balaban J connectivity index is 2.27. The van der Waals surface area contributed by atoms with E-state index in [1.165, 1.54) is 6.07 Å². The number of hydrogen-bond donors (Lipinski definition) is 1. The molecule has 0 unspecified atom stereocenters. The van der Waals surface area contributed by atoms with Crippen LogP contribution in [0.3, 0.4) is 0 Å². The Bertz CT molecular complexity index is 767. The van der Waals surface area contributed by atoms with Crippen LogP contribution >= 0.6 is 0 Å². The first-order valence-electron chi connectivity index (χ1n) is 9.23. The van der Waals surface area contributed by atoms with Crippen LogP contribution in [0, 0.1) is 27.4 Å². The fraction of sp³-hybridized carbons (Fsp3) is 0.500. The number of nitro groups is 1. The quantitative estimate of drug-likeness (QED) is 0.292. The Hall–Kier alpha value is -2.88. The number of carbonyl (C=O) groups is 1. The molecular formula is C20H25N3O4. The van der Waals surface area contributed by atoms with Crippen molar-refractivity contribution in [2.75, 3.05) is 13.2 Å². The summed E-state index contributed by atoms with van der Waals surface area (Å²) in [7, 11) is 0. The van der Waals surface area contributed by atoms with Gasteiger partial charge in [0.2, 0.25) is 11.7 Å². The highest BCUT2D eigenvalue weighted by atomic mass is 16.6. The van der Waals surface area contributed by atoms with Gasteiger partial charge in [0.25, 0.3) is 0 Å². The summed E-state index contributed by atoms with van der Waals surface area (Å²) in [5.41, 5.74) is 1.52. The number of nitriles is 1. The van der Waals surface area contributed by atoms with Gasteiger partial charge in [0.15, 0.2) is 0 Å². The molecule has 1 aromatic carbocycles. The van der Waals surface area contributed by atoms with Gasteiger partial charge in [-0.3, -0.25) is 14.9 Å². The van der Waals surface area contributed by atoms with Crippen LogP contribution in [-0.4, -0.2) is 24.0 Å². The van der Waals surface area contributed by atoms with E-state index in [4.69, 9.17) is 10.00 Å². The van der Waals surface area contributed by atoms with Crippen molar-refractivity contribution in [2.45, 2.75) is 45.4 Å². The van der Waals surface area contributed by atoms with Crippen LogP contribution in [0.25, 0.3) is 0 Å². The SMILES string of the molecule is C/C=C/Cc1cc([C@@H]2C[C@@H]2C(=O)NCCC#N)cc([N+](=O)[O-])c1OCCC. The van der Waals surface area contributed by atoms with Gasteiger partial charge in [-0.1, -0.05) is 25.1 Å². The fourth-order valence-corrected chi connectivity index (χ4v) is 3.04. The summed E-state index contributed by atoms with van der Waals surface area (Å²) in [5.74, 6) is -0.00534. The topological polar surface area (TPSA) is 105 Å².